The molecule has 6 nitrogen and oxygen atoms in total. The summed E-state index contributed by atoms with van der Waals surface area (Å²) in [5, 5.41) is 9.23. The van der Waals surface area contributed by atoms with Crippen molar-refractivity contribution in [2.24, 2.45) is 0 Å². The van der Waals surface area contributed by atoms with Crippen molar-refractivity contribution in [3.05, 3.63) is 22.6 Å². The number of anilines is 1. The Labute approximate surface area is 100.0 Å². The molecule has 1 aliphatic heterocycles. The van der Waals surface area contributed by atoms with Gasteiger partial charge in [-0.25, -0.2) is 5.10 Å². The van der Waals surface area contributed by atoms with Crippen LogP contribution in [0.4, 0.5) is 5.69 Å². The molecule has 2 N–H and O–H groups in total. The zero-order valence-electron chi connectivity index (χ0n) is 9.98. The number of hydrogen-bond donors (Lipinski definition) is 2. The minimum absolute atomic E-state index is 0.169. The summed E-state index contributed by atoms with van der Waals surface area (Å²) in [4.78, 5) is 13.4. The third kappa shape index (κ3) is 3.54. The van der Waals surface area contributed by atoms with Crippen LogP contribution >= 0.6 is 0 Å². The third-order valence-corrected chi connectivity index (χ3v) is 2.87. The van der Waals surface area contributed by atoms with Crippen LogP contribution in [0.3, 0.4) is 0 Å². The van der Waals surface area contributed by atoms with E-state index in [4.69, 9.17) is 4.74 Å². The molecule has 0 spiro atoms. The van der Waals surface area contributed by atoms with Crippen LogP contribution in [0.5, 0.6) is 0 Å². The molecule has 1 fully saturated rings. The SMILES string of the molecule is CCN1CCOC(CNc2cn[nH]c(=O)c2)C1. The van der Waals surface area contributed by atoms with Gasteiger partial charge in [0.1, 0.15) is 0 Å². The van der Waals surface area contributed by atoms with Gasteiger partial charge < -0.3 is 10.1 Å². The van der Waals surface area contributed by atoms with E-state index in [0.29, 0.717) is 6.54 Å². The van der Waals surface area contributed by atoms with Gasteiger partial charge in [-0.15, -0.1) is 0 Å². The number of rotatable bonds is 4. The summed E-state index contributed by atoms with van der Waals surface area (Å²) < 4.78 is 5.65. The second-order valence-corrected chi connectivity index (χ2v) is 4.10. The lowest BCUT2D eigenvalue weighted by atomic mass is 10.2. The van der Waals surface area contributed by atoms with Gasteiger partial charge in [0.2, 0.25) is 0 Å². The number of H-pyrrole nitrogens is 1. The standard InChI is InChI=1S/C11H18N4O2/c1-2-15-3-4-17-10(8-15)7-12-9-5-11(16)14-13-6-9/h5-6,10H,2-4,7-8H2,1H3,(H2,12,14,16). The lowest BCUT2D eigenvalue weighted by Gasteiger charge is -2.32. The van der Waals surface area contributed by atoms with E-state index in [0.717, 1.165) is 31.9 Å². The number of aromatic nitrogens is 2. The molecule has 0 aliphatic carbocycles. The topological polar surface area (TPSA) is 70.2 Å². The third-order valence-electron chi connectivity index (χ3n) is 2.87. The van der Waals surface area contributed by atoms with Crippen molar-refractivity contribution < 1.29 is 4.74 Å². The highest BCUT2D eigenvalue weighted by molar-refractivity contribution is 5.38. The van der Waals surface area contributed by atoms with Crippen LogP contribution in [-0.2, 0) is 4.74 Å². The molecule has 2 rings (SSSR count). The maximum absolute atomic E-state index is 11.0. The van der Waals surface area contributed by atoms with Crippen molar-refractivity contribution in [1.82, 2.24) is 15.1 Å². The predicted octanol–water partition coefficient (Wildman–Crippen LogP) is -0.0975. The van der Waals surface area contributed by atoms with Crippen molar-refractivity contribution in [3.8, 4) is 0 Å². The van der Waals surface area contributed by atoms with E-state index in [1.165, 1.54) is 6.07 Å². The first-order valence-electron chi connectivity index (χ1n) is 5.90. The van der Waals surface area contributed by atoms with Crippen LogP contribution in [0, 0.1) is 0 Å². The number of likely N-dealkylation sites (N-methyl/N-ethyl adjacent to an activating group) is 1. The van der Waals surface area contributed by atoms with Gasteiger partial charge in [0.25, 0.3) is 5.56 Å². The first-order chi connectivity index (χ1) is 8.28. The molecule has 0 bridgehead atoms. The number of hydrogen-bond acceptors (Lipinski definition) is 5. The van der Waals surface area contributed by atoms with Gasteiger partial charge in [0, 0.05) is 25.7 Å². The maximum atomic E-state index is 11.0. The van der Waals surface area contributed by atoms with E-state index in [-0.39, 0.29) is 11.7 Å². The van der Waals surface area contributed by atoms with Crippen molar-refractivity contribution in [1.29, 1.82) is 0 Å². The van der Waals surface area contributed by atoms with Crippen molar-refractivity contribution >= 4 is 5.69 Å². The molecule has 1 aromatic rings. The number of ether oxygens (including phenoxy) is 1. The molecule has 1 atom stereocenters. The molecule has 2 heterocycles. The summed E-state index contributed by atoms with van der Waals surface area (Å²) in [5.41, 5.74) is 0.528. The Morgan fingerprint density at radius 2 is 2.59 bits per heavy atom. The second-order valence-electron chi connectivity index (χ2n) is 4.10. The summed E-state index contributed by atoms with van der Waals surface area (Å²) in [6, 6.07) is 1.49. The quantitative estimate of drug-likeness (QED) is 0.766. The Kier molecular flexibility index (Phi) is 4.11. The highest BCUT2D eigenvalue weighted by atomic mass is 16.5. The normalized spacial score (nSPS) is 21.4. The molecule has 1 aromatic heterocycles. The monoisotopic (exact) mass is 238 g/mol. The van der Waals surface area contributed by atoms with Crippen LogP contribution in [-0.4, -0.2) is 54.0 Å². The molecular formula is C11H18N4O2. The fourth-order valence-electron chi connectivity index (χ4n) is 1.90. The molecule has 94 valence electrons. The van der Waals surface area contributed by atoms with E-state index in [1.54, 1.807) is 6.20 Å². The van der Waals surface area contributed by atoms with Crippen LogP contribution in [0.2, 0.25) is 0 Å². The molecule has 1 aliphatic rings. The minimum Gasteiger partial charge on any atom is -0.381 e. The van der Waals surface area contributed by atoms with Crippen LogP contribution < -0.4 is 10.9 Å². The fraction of sp³-hybridized carbons (Fsp3) is 0.636. The molecule has 1 unspecified atom stereocenters. The Bertz CT molecular complexity index is 406. The lowest BCUT2D eigenvalue weighted by molar-refractivity contribution is -0.0191. The number of nitrogens with one attached hydrogen (secondary N) is 2. The number of nitrogens with zero attached hydrogens (tertiary/aromatic N) is 2. The average molecular weight is 238 g/mol. The number of morpholine rings is 1. The predicted molar refractivity (Wildman–Crippen MR) is 65.2 cm³/mol. The molecule has 0 aromatic carbocycles. The summed E-state index contributed by atoms with van der Waals surface area (Å²) in [7, 11) is 0. The van der Waals surface area contributed by atoms with Gasteiger partial charge in [0.15, 0.2) is 0 Å². The van der Waals surface area contributed by atoms with E-state index in [9.17, 15) is 4.79 Å². The van der Waals surface area contributed by atoms with E-state index >= 15 is 0 Å². The minimum atomic E-state index is -0.199. The molecule has 0 radical (unpaired) electrons. The molecule has 6 heteroatoms. The summed E-state index contributed by atoms with van der Waals surface area (Å²) in [6.45, 7) is 6.60. The molecule has 1 saturated heterocycles. The van der Waals surface area contributed by atoms with Gasteiger partial charge >= 0.3 is 0 Å². The lowest BCUT2D eigenvalue weighted by Crippen LogP contribution is -2.45. The maximum Gasteiger partial charge on any atom is 0.266 e. The average Bonchev–Trinajstić information content (AvgIpc) is 2.37. The van der Waals surface area contributed by atoms with Crippen molar-refractivity contribution in [2.75, 3.05) is 38.1 Å². The Hall–Kier alpha value is -1.40. The second kappa shape index (κ2) is 5.79. The Morgan fingerprint density at radius 3 is 3.35 bits per heavy atom. The van der Waals surface area contributed by atoms with Crippen LogP contribution in [0.1, 0.15) is 6.92 Å². The van der Waals surface area contributed by atoms with Gasteiger partial charge in [-0.2, -0.15) is 5.10 Å². The van der Waals surface area contributed by atoms with Crippen molar-refractivity contribution in [3.63, 3.8) is 0 Å². The van der Waals surface area contributed by atoms with Gasteiger partial charge in [-0.3, -0.25) is 9.69 Å². The first-order valence-corrected chi connectivity index (χ1v) is 5.90. The van der Waals surface area contributed by atoms with E-state index in [1.807, 2.05) is 0 Å². The Balaban J connectivity index is 1.83. The molecular weight excluding hydrogens is 220 g/mol. The molecule has 17 heavy (non-hydrogen) atoms. The van der Waals surface area contributed by atoms with Gasteiger partial charge in [-0.05, 0) is 6.54 Å². The summed E-state index contributed by atoms with van der Waals surface area (Å²) in [5.74, 6) is 0. The Morgan fingerprint density at radius 1 is 1.71 bits per heavy atom. The highest BCUT2D eigenvalue weighted by Crippen LogP contribution is 2.06. The number of aromatic amines is 1. The van der Waals surface area contributed by atoms with Gasteiger partial charge in [-0.1, -0.05) is 6.92 Å². The van der Waals surface area contributed by atoms with Crippen molar-refractivity contribution in [2.45, 2.75) is 13.0 Å². The molecule has 0 amide bonds. The zero-order valence-corrected chi connectivity index (χ0v) is 9.98. The van der Waals surface area contributed by atoms with Gasteiger partial charge in [0.05, 0.1) is 24.6 Å². The highest BCUT2D eigenvalue weighted by Gasteiger charge is 2.18. The smallest absolute Gasteiger partial charge is 0.266 e. The molecule has 0 saturated carbocycles. The van der Waals surface area contributed by atoms with E-state index < -0.39 is 0 Å². The fourth-order valence-corrected chi connectivity index (χ4v) is 1.90. The van der Waals surface area contributed by atoms with Crippen LogP contribution in [0.25, 0.3) is 0 Å². The van der Waals surface area contributed by atoms with E-state index in [2.05, 4.69) is 27.3 Å². The summed E-state index contributed by atoms with van der Waals surface area (Å²) in [6.07, 6.45) is 1.77. The zero-order chi connectivity index (χ0) is 12.1. The largest absolute Gasteiger partial charge is 0.381 e. The summed E-state index contributed by atoms with van der Waals surface area (Å²) >= 11 is 0. The first kappa shape index (κ1) is 12.1. The van der Waals surface area contributed by atoms with Crippen LogP contribution in [0.15, 0.2) is 17.1 Å².